The molecule has 3 rings (SSSR count). The van der Waals surface area contributed by atoms with Crippen molar-refractivity contribution in [1.82, 2.24) is 5.32 Å². The quantitative estimate of drug-likeness (QED) is 0.767. The summed E-state index contributed by atoms with van der Waals surface area (Å²) in [4.78, 5) is 14.5. The molecule has 144 valence electrons. The smallest absolute Gasteiger partial charge is 0.222 e. The Morgan fingerprint density at radius 3 is 2.37 bits per heavy atom. The lowest BCUT2D eigenvalue weighted by Crippen LogP contribution is -2.32. The first-order valence-electron chi connectivity index (χ1n) is 10.0. The van der Waals surface area contributed by atoms with Crippen molar-refractivity contribution in [3.8, 4) is 0 Å². The minimum atomic E-state index is 0.0714. The van der Waals surface area contributed by atoms with E-state index in [4.69, 9.17) is 0 Å². The Morgan fingerprint density at radius 1 is 1.04 bits per heavy atom. The molecular formula is C23H31N3O. The summed E-state index contributed by atoms with van der Waals surface area (Å²) in [5, 5.41) is 6.31. The molecule has 4 nitrogen and oxygen atoms in total. The normalized spacial score (nSPS) is 14.8. The predicted molar refractivity (Wildman–Crippen MR) is 113 cm³/mol. The molecule has 0 aromatic heterocycles. The zero-order valence-electron chi connectivity index (χ0n) is 16.5. The van der Waals surface area contributed by atoms with Gasteiger partial charge in [0.25, 0.3) is 0 Å². The maximum Gasteiger partial charge on any atom is 0.222 e. The van der Waals surface area contributed by atoms with Gasteiger partial charge < -0.3 is 15.5 Å². The van der Waals surface area contributed by atoms with Crippen LogP contribution in [0.2, 0.25) is 0 Å². The number of hydrogen-bond donors (Lipinski definition) is 2. The molecule has 0 atom stereocenters. The van der Waals surface area contributed by atoms with Crippen LogP contribution in [0.4, 0.5) is 11.4 Å². The van der Waals surface area contributed by atoms with Crippen molar-refractivity contribution in [1.29, 1.82) is 0 Å². The highest BCUT2D eigenvalue weighted by Gasteiger charge is 2.15. The van der Waals surface area contributed by atoms with E-state index in [0.29, 0.717) is 19.5 Å². The molecule has 0 spiro atoms. The molecule has 0 radical (unpaired) electrons. The van der Waals surface area contributed by atoms with Gasteiger partial charge in [-0.2, -0.15) is 0 Å². The van der Waals surface area contributed by atoms with Crippen LogP contribution >= 0.6 is 0 Å². The molecule has 1 saturated heterocycles. The summed E-state index contributed by atoms with van der Waals surface area (Å²) in [5.41, 5.74) is 4.72. The zero-order valence-corrected chi connectivity index (χ0v) is 16.5. The maximum atomic E-state index is 12.0. The monoisotopic (exact) mass is 365 g/mol. The van der Waals surface area contributed by atoms with Crippen molar-refractivity contribution in [2.24, 2.45) is 5.92 Å². The van der Waals surface area contributed by atoms with E-state index in [-0.39, 0.29) is 5.91 Å². The predicted octanol–water partition coefficient (Wildman–Crippen LogP) is 4.35. The number of nitrogens with one attached hydrogen (secondary N) is 2. The molecular weight excluding hydrogens is 334 g/mol. The molecule has 2 N–H and O–H groups in total. The summed E-state index contributed by atoms with van der Waals surface area (Å²) in [7, 11) is 0. The van der Waals surface area contributed by atoms with E-state index in [1.165, 1.54) is 24.1 Å². The number of carbonyl (C=O) groups excluding carboxylic acids is 1. The van der Waals surface area contributed by atoms with Gasteiger partial charge >= 0.3 is 0 Å². The summed E-state index contributed by atoms with van der Waals surface area (Å²) in [5.74, 6) is 0.918. The number of rotatable bonds is 7. The Labute approximate surface area is 163 Å². The molecule has 0 unspecified atom stereocenters. The van der Waals surface area contributed by atoms with Crippen molar-refractivity contribution in [2.45, 2.75) is 39.7 Å². The first-order chi connectivity index (χ1) is 13.1. The van der Waals surface area contributed by atoms with Crippen LogP contribution in [0.3, 0.4) is 0 Å². The van der Waals surface area contributed by atoms with Crippen molar-refractivity contribution in [3.63, 3.8) is 0 Å². The van der Waals surface area contributed by atoms with E-state index in [9.17, 15) is 4.79 Å². The average molecular weight is 366 g/mol. The van der Waals surface area contributed by atoms with Crippen LogP contribution < -0.4 is 15.5 Å². The van der Waals surface area contributed by atoms with Gasteiger partial charge in [0.2, 0.25) is 5.91 Å². The summed E-state index contributed by atoms with van der Waals surface area (Å²) in [6, 6.07) is 16.8. The van der Waals surface area contributed by atoms with Crippen LogP contribution in [0.1, 0.15) is 37.3 Å². The molecule has 1 heterocycles. The standard InChI is InChI=1S/C23H31N3O/c1-18-3-5-20(6-4-18)17-25-23(27)11-14-24-21-7-9-22(10-8-21)26-15-12-19(2)13-16-26/h3-10,19,24H,11-17H2,1-2H3,(H,25,27). The van der Waals surface area contributed by atoms with Crippen LogP contribution in [0.25, 0.3) is 0 Å². The number of anilines is 2. The maximum absolute atomic E-state index is 12.0. The van der Waals surface area contributed by atoms with E-state index in [1.807, 2.05) is 0 Å². The molecule has 1 aliphatic heterocycles. The van der Waals surface area contributed by atoms with Gasteiger partial charge in [0.15, 0.2) is 0 Å². The number of carbonyl (C=O) groups is 1. The highest BCUT2D eigenvalue weighted by molar-refractivity contribution is 5.76. The lowest BCUT2D eigenvalue weighted by atomic mass is 9.99. The van der Waals surface area contributed by atoms with E-state index in [2.05, 4.69) is 77.9 Å². The molecule has 0 saturated carbocycles. The number of amides is 1. The highest BCUT2D eigenvalue weighted by Crippen LogP contribution is 2.24. The Morgan fingerprint density at radius 2 is 1.70 bits per heavy atom. The molecule has 27 heavy (non-hydrogen) atoms. The third kappa shape index (κ3) is 6.02. The lowest BCUT2D eigenvalue weighted by Gasteiger charge is -2.32. The van der Waals surface area contributed by atoms with Crippen molar-refractivity contribution >= 4 is 17.3 Å². The van der Waals surface area contributed by atoms with Gasteiger partial charge in [-0.1, -0.05) is 36.8 Å². The molecule has 0 bridgehead atoms. The van der Waals surface area contributed by atoms with Crippen LogP contribution in [0.15, 0.2) is 48.5 Å². The van der Waals surface area contributed by atoms with Gasteiger partial charge in [-0.15, -0.1) is 0 Å². The minimum absolute atomic E-state index is 0.0714. The number of nitrogens with zero attached hydrogens (tertiary/aromatic N) is 1. The fourth-order valence-corrected chi connectivity index (χ4v) is 3.37. The molecule has 1 amide bonds. The van der Waals surface area contributed by atoms with E-state index >= 15 is 0 Å². The average Bonchev–Trinajstić information content (AvgIpc) is 2.69. The van der Waals surface area contributed by atoms with Gasteiger partial charge in [-0.05, 0) is 55.5 Å². The Kier molecular flexibility index (Phi) is 6.74. The van der Waals surface area contributed by atoms with Crippen LogP contribution in [0, 0.1) is 12.8 Å². The van der Waals surface area contributed by atoms with E-state index in [1.54, 1.807) is 0 Å². The Hall–Kier alpha value is -2.49. The molecule has 2 aromatic carbocycles. The summed E-state index contributed by atoms with van der Waals surface area (Å²) >= 11 is 0. The first kappa shape index (κ1) is 19.3. The second-order valence-corrected chi connectivity index (χ2v) is 7.66. The molecule has 1 aliphatic rings. The summed E-state index contributed by atoms with van der Waals surface area (Å²) in [6.07, 6.45) is 3.02. The van der Waals surface area contributed by atoms with Crippen LogP contribution in [-0.4, -0.2) is 25.5 Å². The van der Waals surface area contributed by atoms with Gasteiger partial charge in [0.05, 0.1) is 0 Å². The number of aryl methyl sites for hydroxylation is 1. The fourth-order valence-electron chi connectivity index (χ4n) is 3.37. The largest absolute Gasteiger partial charge is 0.385 e. The van der Waals surface area contributed by atoms with E-state index < -0.39 is 0 Å². The third-order valence-corrected chi connectivity index (χ3v) is 5.31. The first-order valence-corrected chi connectivity index (χ1v) is 10.0. The molecule has 4 heteroatoms. The van der Waals surface area contributed by atoms with Crippen molar-refractivity contribution in [2.75, 3.05) is 29.9 Å². The molecule has 0 aliphatic carbocycles. The molecule has 2 aromatic rings. The van der Waals surface area contributed by atoms with Crippen LogP contribution in [0.5, 0.6) is 0 Å². The summed E-state index contributed by atoms with van der Waals surface area (Å²) < 4.78 is 0. The minimum Gasteiger partial charge on any atom is -0.385 e. The number of hydrogen-bond acceptors (Lipinski definition) is 3. The van der Waals surface area contributed by atoms with Gasteiger partial charge in [-0.3, -0.25) is 4.79 Å². The highest BCUT2D eigenvalue weighted by atomic mass is 16.1. The third-order valence-electron chi connectivity index (χ3n) is 5.31. The van der Waals surface area contributed by atoms with Gasteiger partial charge in [0.1, 0.15) is 0 Å². The van der Waals surface area contributed by atoms with Crippen LogP contribution in [-0.2, 0) is 11.3 Å². The number of piperidine rings is 1. The van der Waals surface area contributed by atoms with E-state index in [0.717, 1.165) is 30.3 Å². The Bertz CT molecular complexity index is 716. The van der Waals surface area contributed by atoms with Crippen molar-refractivity contribution < 1.29 is 4.79 Å². The SMILES string of the molecule is Cc1ccc(CNC(=O)CCNc2ccc(N3CCC(C)CC3)cc2)cc1. The Balaban J connectivity index is 1.37. The van der Waals surface area contributed by atoms with Gasteiger partial charge in [-0.25, -0.2) is 0 Å². The lowest BCUT2D eigenvalue weighted by molar-refractivity contribution is -0.121. The van der Waals surface area contributed by atoms with Crippen molar-refractivity contribution in [3.05, 3.63) is 59.7 Å². The number of benzene rings is 2. The zero-order chi connectivity index (χ0) is 19.1. The van der Waals surface area contributed by atoms with Gasteiger partial charge in [0, 0.05) is 44.0 Å². The molecule has 1 fully saturated rings. The second-order valence-electron chi connectivity index (χ2n) is 7.66. The fraction of sp³-hybridized carbons (Fsp3) is 0.435. The topological polar surface area (TPSA) is 44.4 Å². The second kappa shape index (κ2) is 9.45. The summed E-state index contributed by atoms with van der Waals surface area (Å²) in [6.45, 7) is 7.92.